The molecule has 0 aromatic heterocycles. The van der Waals surface area contributed by atoms with Crippen molar-refractivity contribution in [3.63, 3.8) is 0 Å². The first-order valence-corrected chi connectivity index (χ1v) is 5.35. The van der Waals surface area contributed by atoms with Gasteiger partial charge in [-0.1, -0.05) is 6.92 Å². The molecule has 1 fully saturated rings. The van der Waals surface area contributed by atoms with E-state index in [0.717, 1.165) is 0 Å². The van der Waals surface area contributed by atoms with E-state index in [4.69, 9.17) is 11.5 Å². The van der Waals surface area contributed by atoms with Crippen molar-refractivity contribution in [2.75, 3.05) is 6.61 Å². The minimum atomic E-state index is -1.92. The highest BCUT2D eigenvalue weighted by Gasteiger charge is 2.71. The lowest BCUT2D eigenvalue weighted by Crippen LogP contribution is -2.71. The van der Waals surface area contributed by atoms with Crippen molar-refractivity contribution in [2.24, 2.45) is 17.4 Å². The zero-order valence-electron chi connectivity index (χ0n) is 9.88. The molecule has 16 heavy (non-hydrogen) atoms. The van der Waals surface area contributed by atoms with Gasteiger partial charge in [0.05, 0.1) is 18.2 Å². The van der Waals surface area contributed by atoms with E-state index >= 15 is 0 Å². The lowest BCUT2D eigenvalue weighted by molar-refractivity contribution is -0.182. The highest BCUT2D eigenvalue weighted by atomic mass is 16.4. The third kappa shape index (κ3) is 1.23. The van der Waals surface area contributed by atoms with Crippen LogP contribution >= 0.6 is 0 Å². The lowest BCUT2D eigenvalue weighted by atomic mass is 9.73. The molecule has 0 heterocycles. The molecule has 96 valence electrons. The van der Waals surface area contributed by atoms with Crippen molar-refractivity contribution < 1.29 is 20.4 Å². The number of nitrogens with two attached hydrogens (primary N) is 2. The van der Waals surface area contributed by atoms with Gasteiger partial charge >= 0.3 is 0 Å². The van der Waals surface area contributed by atoms with E-state index in [1.807, 2.05) is 0 Å². The van der Waals surface area contributed by atoms with Crippen molar-refractivity contribution >= 4 is 0 Å². The minimum absolute atomic E-state index is 0.542. The highest BCUT2D eigenvalue weighted by Crippen LogP contribution is 2.49. The second-order valence-electron chi connectivity index (χ2n) is 5.08. The summed E-state index contributed by atoms with van der Waals surface area (Å²) in [6, 6.07) is -0.910. The average Bonchev–Trinajstić information content (AvgIpc) is 2.31. The van der Waals surface area contributed by atoms with E-state index in [-0.39, 0.29) is 0 Å². The molecule has 0 saturated heterocycles. The predicted octanol–water partition coefficient (Wildman–Crippen LogP) is -2.48. The van der Waals surface area contributed by atoms with Crippen molar-refractivity contribution in [2.45, 2.75) is 49.7 Å². The first-order chi connectivity index (χ1) is 7.07. The van der Waals surface area contributed by atoms with Crippen LogP contribution in [0.2, 0.25) is 0 Å². The monoisotopic (exact) mass is 234 g/mol. The zero-order chi connectivity index (χ0) is 12.9. The summed E-state index contributed by atoms with van der Waals surface area (Å²) in [5.41, 5.74) is 6.55. The van der Waals surface area contributed by atoms with Crippen molar-refractivity contribution in [1.29, 1.82) is 0 Å². The summed E-state index contributed by atoms with van der Waals surface area (Å²) in [6.45, 7) is 3.65. The predicted molar refractivity (Wildman–Crippen MR) is 58.4 cm³/mol. The summed E-state index contributed by atoms with van der Waals surface area (Å²) in [6.07, 6.45) is -1.07. The van der Waals surface area contributed by atoms with Gasteiger partial charge < -0.3 is 31.9 Å². The number of rotatable bonds is 2. The Hall–Kier alpha value is -0.240. The standard InChI is InChI=1S/C10H22N2O4/c1-5-7(11)9(16,4-13)8(3,15)10(5,12)6(2)14/h5-7,13-16H,4,11-12H2,1-3H3/t5-,6-,7-,8-,9+,10+/m0/s1. The molecule has 0 bridgehead atoms. The summed E-state index contributed by atoms with van der Waals surface area (Å²) >= 11 is 0. The van der Waals surface area contributed by atoms with Crippen LogP contribution in [0.1, 0.15) is 20.8 Å². The van der Waals surface area contributed by atoms with Crippen LogP contribution in [0.3, 0.4) is 0 Å². The second-order valence-corrected chi connectivity index (χ2v) is 5.08. The fourth-order valence-corrected chi connectivity index (χ4v) is 2.90. The fourth-order valence-electron chi connectivity index (χ4n) is 2.90. The highest BCUT2D eigenvalue weighted by molar-refractivity contribution is 5.27. The molecule has 0 aromatic rings. The Kier molecular flexibility index (Phi) is 3.13. The van der Waals surface area contributed by atoms with Gasteiger partial charge in [0.15, 0.2) is 0 Å². The topological polar surface area (TPSA) is 133 Å². The molecule has 8 N–H and O–H groups in total. The van der Waals surface area contributed by atoms with Crippen LogP contribution in [0.15, 0.2) is 0 Å². The molecule has 0 aromatic carbocycles. The zero-order valence-corrected chi connectivity index (χ0v) is 9.88. The van der Waals surface area contributed by atoms with Crippen molar-refractivity contribution in [3.05, 3.63) is 0 Å². The molecule has 6 heteroatoms. The third-order valence-electron chi connectivity index (χ3n) is 4.46. The second kappa shape index (κ2) is 3.63. The van der Waals surface area contributed by atoms with Gasteiger partial charge in [-0.25, -0.2) is 0 Å². The number of aliphatic hydroxyl groups is 4. The van der Waals surface area contributed by atoms with Gasteiger partial charge in [-0.2, -0.15) is 0 Å². The van der Waals surface area contributed by atoms with Gasteiger partial charge in [0.25, 0.3) is 0 Å². The van der Waals surface area contributed by atoms with Crippen LogP contribution in [-0.2, 0) is 0 Å². The molecule has 0 amide bonds. The Morgan fingerprint density at radius 1 is 1.38 bits per heavy atom. The molecular formula is C10H22N2O4. The maximum absolute atomic E-state index is 10.4. The Labute approximate surface area is 94.9 Å². The summed E-state index contributed by atoms with van der Waals surface area (Å²) in [5.74, 6) is -0.542. The van der Waals surface area contributed by atoms with E-state index < -0.39 is 41.4 Å². The molecule has 1 aliphatic carbocycles. The van der Waals surface area contributed by atoms with Crippen LogP contribution < -0.4 is 11.5 Å². The van der Waals surface area contributed by atoms with Gasteiger partial charge in [-0.15, -0.1) is 0 Å². The van der Waals surface area contributed by atoms with Crippen LogP contribution in [0.4, 0.5) is 0 Å². The molecule has 1 saturated carbocycles. The lowest BCUT2D eigenvalue weighted by Gasteiger charge is -2.45. The molecular weight excluding hydrogens is 212 g/mol. The van der Waals surface area contributed by atoms with E-state index in [0.29, 0.717) is 0 Å². The van der Waals surface area contributed by atoms with E-state index in [1.165, 1.54) is 13.8 Å². The summed E-state index contributed by atoms with van der Waals surface area (Å²) in [4.78, 5) is 0. The Bertz CT molecular complexity index is 284. The minimum Gasteiger partial charge on any atom is -0.393 e. The van der Waals surface area contributed by atoms with Crippen molar-refractivity contribution in [3.8, 4) is 0 Å². The van der Waals surface area contributed by atoms with Gasteiger partial charge in [0.2, 0.25) is 0 Å². The maximum Gasteiger partial charge on any atom is 0.133 e. The smallest absolute Gasteiger partial charge is 0.133 e. The molecule has 1 aliphatic rings. The van der Waals surface area contributed by atoms with Crippen LogP contribution in [-0.4, -0.2) is 55.9 Å². The molecule has 6 nitrogen and oxygen atoms in total. The van der Waals surface area contributed by atoms with Crippen LogP contribution in [0.25, 0.3) is 0 Å². The normalized spacial score (nSPS) is 55.3. The Balaban J connectivity index is 3.36. The van der Waals surface area contributed by atoms with E-state index in [9.17, 15) is 20.4 Å². The van der Waals surface area contributed by atoms with Gasteiger partial charge in [-0.05, 0) is 19.8 Å². The molecule has 6 atom stereocenters. The van der Waals surface area contributed by atoms with E-state index in [1.54, 1.807) is 6.92 Å². The Morgan fingerprint density at radius 2 is 1.81 bits per heavy atom. The van der Waals surface area contributed by atoms with Crippen LogP contribution in [0.5, 0.6) is 0 Å². The fraction of sp³-hybridized carbons (Fsp3) is 1.00. The van der Waals surface area contributed by atoms with Crippen LogP contribution in [0, 0.1) is 5.92 Å². The first kappa shape index (κ1) is 13.8. The average molecular weight is 234 g/mol. The SMILES string of the molecule is C[C@H](O)[C@]1(N)[C@@H](C)[C@H](N)[C@](O)(CO)[C@]1(C)O. The van der Waals surface area contributed by atoms with Gasteiger partial charge in [0.1, 0.15) is 11.2 Å². The van der Waals surface area contributed by atoms with Crippen molar-refractivity contribution in [1.82, 2.24) is 0 Å². The van der Waals surface area contributed by atoms with Gasteiger partial charge in [0, 0.05) is 6.04 Å². The largest absolute Gasteiger partial charge is 0.393 e. The van der Waals surface area contributed by atoms with E-state index in [2.05, 4.69) is 0 Å². The number of hydrogen-bond donors (Lipinski definition) is 6. The summed E-state index contributed by atoms with van der Waals surface area (Å²) < 4.78 is 0. The molecule has 0 spiro atoms. The first-order valence-electron chi connectivity index (χ1n) is 5.35. The molecule has 0 unspecified atom stereocenters. The third-order valence-corrected chi connectivity index (χ3v) is 4.46. The number of aliphatic hydroxyl groups excluding tert-OH is 2. The molecule has 0 aliphatic heterocycles. The molecule has 1 rings (SSSR count). The summed E-state index contributed by atoms with van der Waals surface area (Å²) in [7, 11) is 0. The Morgan fingerprint density at radius 3 is 2.00 bits per heavy atom. The quantitative estimate of drug-likeness (QED) is 0.313. The number of hydrogen-bond acceptors (Lipinski definition) is 6. The maximum atomic E-state index is 10.4. The van der Waals surface area contributed by atoms with Gasteiger partial charge in [-0.3, -0.25) is 0 Å². The summed E-state index contributed by atoms with van der Waals surface area (Å²) in [5, 5.41) is 39.6. The molecule has 0 radical (unpaired) electrons.